The maximum Gasteiger partial charge on any atom is 0.308 e. The van der Waals surface area contributed by atoms with Crippen molar-refractivity contribution in [3.05, 3.63) is 109 Å². The Morgan fingerprint density at radius 1 is 0.978 bits per heavy atom. The number of imide groups is 1. The van der Waals surface area contributed by atoms with E-state index >= 15 is 0 Å². The van der Waals surface area contributed by atoms with Gasteiger partial charge in [-0.2, -0.15) is 0 Å². The van der Waals surface area contributed by atoms with Crippen LogP contribution in [-0.2, 0) is 20.9 Å². The fourth-order valence-corrected chi connectivity index (χ4v) is 8.91. The molecule has 1 saturated heterocycles. The number of thioether (sulfide) groups is 1. The number of benzene rings is 3. The van der Waals surface area contributed by atoms with Gasteiger partial charge in [-0.25, -0.2) is 4.90 Å². The minimum absolute atomic E-state index is 0.157. The van der Waals surface area contributed by atoms with Crippen LogP contribution < -0.4 is 20.0 Å². The van der Waals surface area contributed by atoms with Gasteiger partial charge in [0.1, 0.15) is 11.8 Å². The number of rotatable bonds is 9. The number of aryl methyl sites for hydroxylation is 1. The second-order valence-corrected chi connectivity index (χ2v) is 13.3. The van der Waals surface area contributed by atoms with Gasteiger partial charge >= 0.3 is 4.87 Å². The van der Waals surface area contributed by atoms with E-state index in [-0.39, 0.29) is 22.8 Å². The molecule has 1 N–H and O–H groups in total. The number of carbonyl (C=O) groups is 3. The molecule has 3 heterocycles. The summed E-state index contributed by atoms with van der Waals surface area (Å²) >= 11 is 2.11. The lowest BCUT2D eigenvalue weighted by atomic mass is 9.83. The lowest BCUT2D eigenvalue weighted by Gasteiger charge is -2.31. The Morgan fingerprint density at radius 3 is 2.30 bits per heavy atom. The van der Waals surface area contributed by atoms with Crippen LogP contribution in [0.2, 0.25) is 0 Å². The molecule has 0 spiro atoms. The van der Waals surface area contributed by atoms with Crippen LogP contribution in [0.1, 0.15) is 35.8 Å². The van der Waals surface area contributed by atoms with Crippen molar-refractivity contribution in [2.45, 2.75) is 43.5 Å². The summed E-state index contributed by atoms with van der Waals surface area (Å²) < 4.78 is 1.38. The SMILES string of the molecule is CCN(CC)c1ccc([C@@H]2c3sc(=O)n(CC(=O)Nc4cccc(C)c4)c3S[C@H]3C(=O)N(c4ccc([N+](=O)[O-])cc4)C(=O)[C@@H]23)cc1. The summed E-state index contributed by atoms with van der Waals surface area (Å²) in [6.45, 7) is 7.42. The third-order valence-corrected chi connectivity index (χ3v) is 11.0. The summed E-state index contributed by atoms with van der Waals surface area (Å²) in [5.41, 5.74) is 3.45. The van der Waals surface area contributed by atoms with Crippen molar-refractivity contribution in [1.82, 2.24) is 4.57 Å². The topological polar surface area (TPSA) is 135 Å². The van der Waals surface area contributed by atoms with Crippen molar-refractivity contribution >= 4 is 63.6 Å². The molecular weight excluding hydrogens is 627 g/mol. The lowest BCUT2D eigenvalue weighted by molar-refractivity contribution is -0.384. The predicted molar refractivity (Wildman–Crippen MR) is 179 cm³/mol. The third-order valence-electron chi connectivity index (χ3n) is 8.35. The molecule has 1 fully saturated rings. The highest BCUT2D eigenvalue weighted by Gasteiger charge is 2.56. The minimum Gasteiger partial charge on any atom is -0.372 e. The van der Waals surface area contributed by atoms with Gasteiger partial charge in [0.2, 0.25) is 17.7 Å². The summed E-state index contributed by atoms with van der Waals surface area (Å²) in [4.78, 5) is 68.9. The largest absolute Gasteiger partial charge is 0.372 e. The van der Waals surface area contributed by atoms with Gasteiger partial charge in [-0.05, 0) is 68.3 Å². The van der Waals surface area contributed by atoms with Gasteiger partial charge in [-0.3, -0.25) is 33.9 Å². The van der Waals surface area contributed by atoms with Gasteiger partial charge < -0.3 is 10.2 Å². The number of non-ortho nitro benzene ring substituents is 1. The molecule has 0 saturated carbocycles. The van der Waals surface area contributed by atoms with Crippen molar-refractivity contribution in [2.24, 2.45) is 5.92 Å². The van der Waals surface area contributed by atoms with Gasteiger partial charge in [-0.15, -0.1) is 0 Å². The van der Waals surface area contributed by atoms with E-state index in [1.54, 1.807) is 6.07 Å². The Kier molecular flexibility index (Phi) is 8.53. The summed E-state index contributed by atoms with van der Waals surface area (Å²) in [6.07, 6.45) is 0. The smallest absolute Gasteiger partial charge is 0.308 e. The first kappa shape index (κ1) is 31.2. The molecule has 13 heteroatoms. The molecule has 2 aliphatic rings. The molecule has 46 heavy (non-hydrogen) atoms. The molecule has 1 aromatic heterocycles. The van der Waals surface area contributed by atoms with E-state index in [0.717, 1.165) is 57.9 Å². The van der Waals surface area contributed by atoms with E-state index in [0.29, 0.717) is 15.6 Å². The first-order chi connectivity index (χ1) is 22.1. The molecule has 0 aliphatic carbocycles. The van der Waals surface area contributed by atoms with E-state index in [9.17, 15) is 29.3 Å². The molecule has 0 bridgehead atoms. The highest BCUT2D eigenvalue weighted by Crippen LogP contribution is 2.54. The van der Waals surface area contributed by atoms with Crippen molar-refractivity contribution in [3.8, 4) is 0 Å². The molecule has 236 valence electrons. The predicted octanol–water partition coefficient (Wildman–Crippen LogP) is 5.41. The second kappa shape index (κ2) is 12.6. The molecule has 3 amide bonds. The average Bonchev–Trinajstić information content (AvgIpc) is 3.48. The van der Waals surface area contributed by atoms with Gasteiger partial charge in [0, 0.05) is 47.4 Å². The van der Waals surface area contributed by atoms with Crippen molar-refractivity contribution in [3.63, 3.8) is 0 Å². The zero-order valence-electron chi connectivity index (χ0n) is 25.3. The molecular formula is C33H31N5O6S2. The quantitative estimate of drug-likeness (QED) is 0.144. The maximum absolute atomic E-state index is 14.1. The molecule has 3 atom stereocenters. The first-order valence-corrected chi connectivity index (χ1v) is 16.5. The average molecular weight is 658 g/mol. The number of nitrogens with one attached hydrogen (secondary N) is 1. The summed E-state index contributed by atoms with van der Waals surface area (Å²) in [5, 5.41) is 13.7. The van der Waals surface area contributed by atoms with Gasteiger partial charge in [0.05, 0.1) is 21.6 Å². The van der Waals surface area contributed by atoms with E-state index in [1.807, 2.05) is 49.4 Å². The van der Waals surface area contributed by atoms with Crippen LogP contribution in [0.25, 0.3) is 0 Å². The number of fused-ring (bicyclic) bond motifs is 2. The maximum atomic E-state index is 14.1. The molecule has 11 nitrogen and oxygen atoms in total. The zero-order valence-corrected chi connectivity index (χ0v) is 27.0. The summed E-state index contributed by atoms with van der Waals surface area (Å²) in [7, 11) is 0. The number of thiazole rings is 1. The minimum atomic E-state index is -0.872. The molecule has 4 aromatic rings. The molecule has 0 unspecified atom stereocenters. The van der Waals surface area contributed by atoms with Crippen molar-refractivity contribution in [2.75, 3.05) is 28.2 Å². The highest BCUT2D eigenvalue weighted by atomic mass is 32.2. The molecule has 2 aliphatic heterocycles. The van der Waals surface area contributed by atoms with Crippen LogP contribution >= 0.6 is 23.1 Å². The number of nitro groups is 1. The number of amides is 3. The van der Waals surface area contributed by atoms with E-state index in [2.05, 4.69) is 24.1 Å². The van der Waals surface area contributed by atoms with Crippen LogP contribution in [0.15, 0.2) is 82.6 Å². The summed E-state index contributed by atoms with van der Waals surface area (Å²) in [6, 6.07) is 20.5. The zero-order chi connectivity index (χ0) is 32.7. The van der Waals surface area contributed by atoms with Crippen molar-refractivity contribution < 1.29 is 19.3 Å². The Bertz CT molecular complexity index is 1900. The third kappa shape index (κ3) is 5.60. The number of carbonyl (C=O) groups excluding carboxylic acids is 3. The summed E-state index contributed by atoms with van der Waals surface area (Å²) in [5.74, 6) is -2.75. The van der Waals surface area contributed by atoms with E-state index in [1.165, 1.54) is 28.8 Å². The van der Waals surface area contributed by atoms with Crippen LogP contribution in [0.4, 0.5) is 22.7 Å². The highest BCUT2D eigenvalue weighted by molar-refractivity contribution is 8.00. The van der Waals surface area contributed by atoms with E-state index in [4.69, 9.17) is 0 Å². The number of nitro benzene ring substituents is 1. The Morgan fingerprint density at radius 2 is 1.67 bits per heavy atom. The molecule has 3 aromatic carbocycles. The van der Waals surface area contributed by atoms with Crippen LogP contribution in [-0.4, -0.2) is 45.6 Å². The van der Waals surface area contributed by atoms with Crippen LogP contribution in [0, 0.1) is 23.0 Å². The fraction of sp³-hybridized carbons (Fsp3) is 0.273. The van der Waals surface area contributed by atoms with Gasteiger partial charge in [0.25, 0.3) is 5.69 Å². The van der Waals surface area contributed by atoms with Crippen molar-refractivity contribution in [1.29, 1.82) is 0 Å². The van der Waals surface area contributed by atoms with Gasteiger partial charge in [0.15, 0.2) is 0 Å². The molecule has 6 rings (SSSR count). The Labute approximate surface area is 273 Å². The van der Waals surface area contributed by atoms with Gasteiger partial charge in [-0.1, -0.05) is 47.4 Å². The fourth-order valence-electron chi connectivity index (χ4n) is 6.14. The Hall–Kier alpha value is -4.75. The number of anilines is 3. The van der Waals surface area contributed by atoms with Crippen LogP contribution in [0.3, 0.4) is 0 Å². The number of hydrogen-bond acceptors (Lipinski definition) is 9. The van der Waals surface area contributed by atoms with Crippen LogP contribution in [0.5, 0.6) is 0 Å². The number of aromatic nitrogens is 1. The molecule has 0 radical (unpaired) electrons. The second-order valence-electron chi connectivity index (χ2n) is 11.1. The van der Waals surface area contributed by atoms with E-state index < -0.39 is 39.7 Å². The number of nitrogens with zero attached hydrogens (tertiary/aromatic N) is 4. The first-order valence-electron chi connectivity index (χ1n) is 14.8. The standard InChI is InChI=1S/C33H31N5O6S2/c1-4-35(5-2)22-11-9-20(10-12-22)26-27-28(31(41)37(30(27)40)23-13-15-24(16-14-23)38(43)44)45-32-29(26)46-33(42)36(32)18-25(39)34-21-8-6-7-19(3)17-21/h6-17,26-28H,4-5,18H2,1-3H3,(H,34,39)/t26-,27-,28+/m0/s1. The Balaban J connectivity index is 1.41. The monoisotopic (exact) mass is 657 g/mol. The normalized spacial score (nSPS) is 18.7. The number of hydrogen-bond donors (Lipinski definition) is 1. The lowest BCUT2D eigenvalue weighted by Crippen LogP contribution is -2.33.